The Labute approximate surface area is 157 Å². The number of benzene rings is 2. The molecule has 26 heavy (non-hydrogen) atoms. The van der Waals surface area contributed by atoms with Crippen LogP contribution >= 0.6 is 11.3 Å². The number of nitrogens with zero attached hydrogens (tertiary/aromatic N) is 2. The molecule has 2 aromatic carbocycles. The molecule has 0 aliphatic heterocycles. The first-order valence-corrected chi connectivity index (χ1v) is 9.62. The molecule has 1 aliphatic carbocycles. The van der Waals surface area contributed by atoms with E-state index in [1.165, 1.54) is 27.1 Å². The van der Waals surface area contributed by atoms with Crippen LogP contribution in [0, 0.1) is 6.92 Å². The second-order valence-electron chi connectivity index (χ2n) is 6.67. The molecule has 0 saturated carbocycles. The Balaban J connectivity index is 1.41. The van der Waals surface area contributed by atoms with E-state index in [0.717, 1.165) is 24.2 Å². The van der Waals surface area contributed by atoms with Crippen LogP contribution in [-0.2, 0) is 12.8 Å². The lowest BCUT2D eigenvalue weighted by molar-refractivity contribution is 0.223. The first kappa shape index (κ1) is 16.8. The van der Waals surface area contributed by atoms with Crippen molar-refractivity contribution in [1.29, 1.82) is 0 Å². The Bertz CT molecular complexity index is 963. The van der Waals surface area contributed by atoms with Crippen molar-refractivity contribution in [2.75, 3.05) is 18.9 Å². The quantitative estimate of drug-likeness (QED) is 0.570. The Morgan fingerprint density at radius 2 is 2.00 bits per heavy atom. The minimum Gasteiger partial charge on any atom is -0.327 e. The molecule has 132 valence electrons. The molecular formula is C21H21N3OS. The zero-order chi connectivity index (χ0) is 18.1. The summed E-state index contributed by atoms with van der Waals surface area (Å²) in [6.45, 7) is 2.68. The summed E-state index contributed by atoms with van der Waals surface area (Å²) >= 11 is 1.65. The summed E-state index contributed by atoms with van der Waals surface area (Å²) in [6, 6.07) is 14.6. The van der Waals surface area contributed by atoms with Crippen LogP contribution in [0.25, 0.3) is 11.1 Å². The van der Waals surface area contributed by atoms with Crippen molar-refractivity contribution in [3.8, 4) is 11.1 Å². The monoisotopic (exact) mass is 363 g/mol. The first-order chi connectivity index (χ1) is 12.6. The van der Waals surface area contributed by atoms with Gasteiger partial charge in [0.2, 0.25) is 0 Å². The van der Waals surface area contributed by atoms with E-state index >= 15 is 0 Å². The smallest absolute Gasteiger partial charge is 0.321 e. The van der Waals surface area contributed by atoms with E-state index in [9.17, 15) is 4.79 Å². The maximum absolute atomic E-state index is 12.5. The number of hydrogen-bond acceptors (Lipinski definition) is 3. The van der Waals surface area contributed by atoms with Gasteiger partial charge in [-0.15, -0.1) is 11.3 Å². The van der Waals surface area contributed by atoms with Crippen molar-refractivity contribution in [2.24, 2.45) is 0 Å². The van der Waals surface area contributed by atoms with Crippen LogP contribution in [0.5, 0.6) is 0 Å². The van der Waals surface area contributed by atoms with Gasteiger partial charge in [0.15, 0.2) is 0 Å². The molecule has 1 aliphatic rings. The van der Waals surface area contributed by atoms with Gasteiger partial charge < -0.3 is 10.2 Å². The van der Waals surface area contributed by atoms with Crippen LogP contribution in [0.3, 0.4) is 0 Å². The molecule has 1 aromatic heterocycles. The number of hydrogen-bond donors (Lipinski definition) is 1. The maximum Gasteiger partial charge on any atom is 0.321 e. The number of thiazole rings is 1. The number of aromatic nitrogens is 1. The second kappa shape index (κ2) is 6.92. The van der Waals surface area contributed by atoms with Crippen LogP contribution in [-0.4, -0.2) is 29.5 Å². The van der Waals surface area contributed by atoms with Crippen LogP contribution < -0.4 is 5.32 Å². The average Bonchev–Trinajstić information content (AvgIpc) is 3.22. The van der Waals surface area contributed by atoms with Gasteiger partial charge in [-0.25, -0.2) is 9.78 Å². The van der Waals surface area contributed by atoms with Gasteiger partial charge in [-0.1, -0.05) is 30.3 Å². The molecule has 1 N–H and O–H groups in total. The van der Waals surface area contributed by atoms with Crippen molar-refractivity contribution < 1.29 is 4.79 Å². The molecule has 4 rings (SSSR count). The predicted molar refractivity (Wildman–Crippen MR) is 107 cm³/mol. The van der Waals surface area contributed by atoms with Crippen molar-refractivity contribution in [1.82, 2.24) is 9.88 Å². The Kier molecular flexibility index (Phi) is 4.47. The van der Waals surface area contributed by atoms with E-state index in [1.54, 1.807) is 16.2 Å². The molecule has 0 fully saturated rings. The fourth-order valence-electron chi connectivity index (χ4n) is 3.38. The minimum absolute atomic E-state index is 0.0809. The molecule has 0 saturated heterocycles. The molecule has 4 nitrogen and oxygen atoms in total. The minimum atomic E-state index is -0.0809. The largest absolute Gasteiger partial charge is 0.327 e. The summed E-state index contributed by atoms with van der Waals surface area (Å²) in [5.74, 6) is 0. The van der Waals surface area contributed by atoms with Crippen LogP contribution in [0.4, 0.5) is 10.5 Å². The van der Waals surface area contributed by atoms with Gasteiger partial charge >= 0.3 is 6.03 Å². The number of nitrogens with one attached hydrogen (secondary N) is 1. The lowest BCUT2D eigenvalue weighted by atomic mass is 10.1. The zero-order valence-corrected chi connectivity index (χ0v) is 15.8. The van der Waals surface area contributed by atoms with E-state index in [0.29, 0.717) is 6.54 Å². The standard InChI is InChI=1S/C21H21N3OS/c1-14-20(26-13-22-14)9-10-24(2)21(25)23-17-7-8-19-16(12-17)11-15-5-3-4-6-18(15)19/h3-8,12-13H,9-11H2,1-2H3,(H,23,25). The van der Waals surface area contributed by atoms with E-state index in [4.69, 9.17) is 0 Å². The Morgan fingerprint density at radius 3 is 2.81 bits per heavy atom. The number of rotatable bonds is 4. The number of amides is 2. The number of fused-ring (bicyclic) bond motifs is 3. The zero-order valence-electron chi connectivity index (χ0n) is 15.0. The first-order valence-electron chi connectivity index (χ1n) is 8.74. The lowest BCUT2D eigenvalue weighted by Gasteiger charge is -2.18. The number of carbonyl (C=O) groups is 1. The third-order valence-corrected chi connectivity index (χ3v) is 5.91. The van der Waals surface area contributed by atoms with Gasteiger partial charge in [0.25, 0.3) is 0 Å². The molecule has 0 spiro atoms. The Hall–Kier alpha value is -2.66. The highest BCUT2D eigenvalue weighted by Crippen LogP contribution is 2.37. The van der Waals surface area contributed by atoms with E-state index < -0.39 is 0 Å². The summed E-state index contributed by atoms with van der Waals surface area (Å²) in [7, 11) is 1.83. The van der Waals surface area contributed by atoms with Crippen LogP contribution in [0.2, 0.25) is 0 Å². The molecule has 2 amide bonds. The van der Waals surface area contributed by atoms with Gasteiger partial charge in [0, 0.05) is 30.6 Å². The summed E-state index contributed by atoms with van der Waals surface area (Å²) in [6.07, 6.45) is 1.76. The summed E-state index contributed by atoms with van der Waals surface area (Å²) in [4.78, 5) is 19.7. The maximum atomic E-state index is 12.5. The van der Waals surface area contributed by atoms with Gasteiger partial charge in [-0.05, 0) is 47.7 Å². The lowest BCUT2D eigenvalue weighted by Crippen LogP contribution is -2.33. The highest BCUT2D eigenvalue weighted by Gasteiger charge is 2.18. The number of urea groups is 1. The van der Waals surface area contributed by atoms with Gasteiger partial charge in [0.1, 0.15) is 0 Å². The molecule has 0 radical (unpaired) electrons. The Morgan fingerprint density at radius 1 is 1.19 bits per heavy atom. The van der Waals surface area contributed by atoms with Crippen molar-refractivity contribution in [3.63, 3.8) is 0 Å². The molecule has 0 atom stereocenters. The number of likely N-dealkylation sites (N-methyl/N-ethyl adjacent to an activating group) is 1. The molecule has 5 heteroatoms. The van der Waals surface area contributed by atoms with Crippen molar-refractivity contribution >= 4 is 23.1 Å². The average molecular weight is 363 g/mol. The van der Waals surface area contributed by atoms with Gasteiger partial charge in [0.05, 0.1) is 11.2 Å². The molecule has 3 aromatic rings. The number of aryl methyl sites for hydroxylation is 1. The van der Waals surface area contributed by atoms with Crippen molar-refractivity contribution in [2.45, 2.75) is 19.8 Å². The predicted octanol–water partition coefficient (Wildman–Crippen LogP) is 4.73. The van der Waals surface area contributed by atoms with Gasteiger partial charge in [-0.3, -0.25) is 0 Å². The fraction of sp³-hybridized carbons (Fsp3) is 0.238. The summed E-state index contributed by atoms with van der Waals surface area (Å²) < 4.78 is 0. The second-order valence-corrected chi connectivity index (χ2v) is 7.61. The van der Waals surface area contributed by atoms with Crippen LogP contribution in [0.1, 0.15) is 21.7 Å². The van der Waals surface area contributed by atoms with E-state index in [-0.39, 0.29) is 6.03 Å². The van der Waals surface area contributed by atoms with Crippen LogP contribution in [0.15, 0.2) is 48.0 Å². The van der Waals surface area contributed by atoms with E-state index in [2.05, 4.69) is 46.7 Å². The normalized spacial score (nSPS) is 11.8. The number of carbonyl (C=O) groups excluding carboxylic acids is 1. The summed E-state index contributed by atoms with van der Waals surface area (Å²) in [5, 5.41) is 3.02. The molecular weight excluding hydrogens is 342 g/mol. The highest BCUT2D eigenvalue weighted by atomic mass is 32.1. The third-order valence-electron chi connectivity index (χ3n) is 4.91. The van der Waals surface area contributed by atoms with Crippen molar-refractivity contribution in [3.05, 3.63) is 69.7 Å². The number of anilines is 1. The molecule has 1 heterocycles. The summed E-state index contributed by atoms with van der Waals surface area (Å²) in [5.41, 5.74) is 8.96. The SMILES string of the molecule is Cc1ncsc1CCN(C)C(=O)Nc1ccc2c(c1)Cc1ccccc1-2. The highest BCUT2D eigenvalue weighted by molar-refractivity contribution is 7.09. The molecule has 0 unspecified atom stereocenters. The fourth-order valence-corrected chi connectivity index (χ4v) is 4.15. The van der Waals surface area contributed by atoms with Gasteiger partial charge in [-0.2, -0.15) is 0 Å². The van der Waals surface area contributed by atoms with E-state index in [1.807, 2.05) is 25.5 Å². The third kappa shape index (κ3) is 3.22. The topological polar surface area (TPSA) is 45.2 Å². The molecule has 0 bridgehead atoms.